The summed E-state index contributed by atoms with van der Waals surface area (Å²) in [5, 5.41) is 13.8. The largest absolute Gasteiger partial charge is 0.394 e. The van der Waals surface area contributed by atoms with Gasteiger partial charge in [0.2, 0.25) is 0 Å². The van der Waals surface area contributed by atoms with Gasteiger partial charge in [-0.2, -0.15) is 0 Å². The fourth-order valence-electron chi connectivity index (χ4n) is 3.62. The predicted octanol–water partition coefficient (Wildman–Crippen LogP) is 3.16. The van der Waals surface area contributed by atoms with E-state index in [1.54, 1.807) is 11.1 Å². The molecule has 2 saturated carbocycles. The van der Waals surface area contributed by atoms with Gasteiger partial charge in [-0.1, -0.05) is 6.07 Å². The number of hydrogen-bond donors (Lipinski definition) is 2. The molecule has 0 heterocycles. The molecule has 114 valence electrons. The third-order valence-corrected chi connectivity index (χ3v) is 6.52. The molecule has 0 saturated heterocycles. The minimum absolute atomic E-state index is 0.0369. The van der Waals surface area contributed by atoms with E-state index in [9.17, 15) is 5.11 Å². The Hall–Kier alpha value is -0.510. The molecule has 3 aliphatic rings. The van der Waals surface area contributed by atoms with Gasteiger partial charge in [0.15, 0.2) is 0 Å². The Balaban J connectivity index is 1.45. The van der Waals surface area contributed by atoms with Crippen LogP contribution >= 0.6 is 11.8 Å². The van der Waals surface area contributed by atoms with Gasteiger partial charge in [0.1, 0.15) is 0 Å². The summed E-state index contributed by atoms with van der Waals surface area (Å²) in [6.45, 7) is 0.284. The van der Waals surface area contributed by atoms with Crippen molar-refractivity contribution in [1.82, 2.24) is 5.32 Å². The van der Waals surface area contributed by atoms with Crippen LogP contribution in [0.1, 0.15) is 43.2 Å². The quantitative estimate of drug-likeness (QED) is 0.759. The first-order valence-electron chi connectivity index (χ1n) is 8.42. The molecule has 4 rings (SSSR count). The summed E-state index contributed by atoms with van der Waals surface area (Å²) in [6.07, 6.45) is 8.96. The molecule has 1 aromatic rings. The number of fused-ring (bicyclic) bond motifs is 1. The highest BCUT2D eigenvalue weighted by Gasteiger charge is 2.47. The maximum atomic E-state index is 10.0. The molecule has 21 heavy (non-hydrogen) atoms. The van der Waals surface area contributed by atoms with E-state index in [-0.39, 0.29) is 12.1 Å². The number of aryl methyl sites for hydroxylation is 2. The Bertz CT molecular complexity index is 524. The fourth-order valence-corrected chi connectivity index (χ4v) is 4.84. The molecule has 0 spiro atoms. The monoisotopic (exact) mass is 303 g/mol. The van der Waals surface area contributed by atoms with Gasteiger partial charge in [0, 0.05) is 16.7 Å². The predicted molar refractivity (Wildman–Crippen MR) is 87.9 cm³/mol. The van der Waals surface area contributed by atoms with Crippen molar-refractivity contribution in [3.63, 3.8) is 0 Å². The molecule has 1 aromatic carbocycles. The van der Waals surface area contributed by atoms with Crippen molar-refractivity contribution in [3.05, 3.63) is 29.3 Å². The van der Waals surface area contributed by atoms with Crippen LogP contribution in [-0.2, 0) is 12.8 Å². The van der Waals surface area contributed by atoms with E-state index in [4.69, 9.17) is 0 Å². The number of aliphatic hydroxyl groups excluding tert-OH is 1. The van der Waals surface area contributed by atoms with Crippen LogP contribution in [0.5, 0.6) is 0 Å². The van der Waals surface area contributed by atoms with E-state index in [0.29, 0.717) is 12.0 Å². The second-order valence-electron chi connectivity index (χ2n) is 7.08. The molecule has 0 aromatic heterocycles. The first kappa shape index (κ1) is 14.1. The Morgan fingerprint density at radius 3 is 2.67 bits per heavy atom. The molecule has 0 amide bonds. The van der Waals surface area contributed by atoms with E-state index >= 15 is 0 Å². The zero-order chi connectivity index (χ0) is 14.3. The number of nitrogens with one attached hydrogen (secondary N) is 1. The Morgan fingerprint density at radius 1 is 1.14 bits per heavy atom. The van der Waals surface area contributed by atoms with Crippen LogP contribution in [0.3, 0.4) is 0 Å². The van der Waals surface area contributed by atoms with E-state index in [2.05, 4.69) is 23.5 Å². The molecule has 2 N–H and O–H groups in total. The molecule has 2 nitrogen and oxygen atoms in total. The normalized spacial score (nSPS) is 23.9. The smallest absolute Gasteiger partial charge is 0.0624 e. The van der Waals surface area contributed by atoms with Crippen LogP contribution in [0.2, 0.25) is 0 Å². The topological polar surface area (TPSA) is 32.3 Å². The second-order valence-corrected chi connectivity index (χ2v) is 8.13. The van der Waals surface area contributed by atoms with Gasteiger partial charge in [0.05, 0.1) is 12.1 Å². The summed E-state index contributed by atoms with van der Waals surface area (Å²) < 4.78 is 0. The molecule has 1 atom stereocenters. The summed E-state index contributed by atoms with van der Waals surface area (Å²) in [5.41, 5.74) is 3.06. The van der Waals surface area contributed by atoms with E-state index in [0.717, 1.165) is 5.75 Å². The number of benzene rings is 1. The minimum atomic E-state index is -0.0369. The van der Waals surface area contributed by atoms with Crippen LogP contribution in [0.25, 0.3) is 0 Å². The lowest BCUT2D eigenvalue weighted by atomic mass is 9.96. The van der Waals surface area contributed by atoms with Gasteiger partial charge < -0.3 is 10.4 Å². The molecular weight excluding hydrogens is 278 g/mol. The molecule has 0 radical (unpaired) electrons. The van der Waals surface area contributed by atoms with E-state index in [1.807, 2.05) is 11.8 Å². The maximum absolute atomic E-state index is 10.0. The highest BCUT2D eigenvalue weighted by Crippen LogP contribution is 2.44. The van der Waals surface area contributed by atoms with Crippen LogP contribution < -0.4 is 5.32 Å². The second kappa shape index (κ2) is 5.60. The van der Waals surface area contributed by atoms with Crippen molar-refractivity contribution in [3.8, 4) is 0 Å². The summed E-state index contributed by atoms with van der Waals surface area (Å²) in [7, 11) is 0. The maximum Gasteiger partial charge on any atom is 0.0624 e. The van der Waals surface area contributed by atoms with Gasteiger partial charge in [0.25, 0.3) is 0 Å². The first-order chi connectivity index (χ1) is 10.3. The van der Waals surface area contributed by atoms with Gasteiger partial charge in [-0.3, -0.25) is 0 Å². The lowest BCUT2D eigenvalue weighted by Crippen LogP contribution is -2.53. The summed E-state index contributed by atoms with van der Waals surface area (Å²) in [5.74, 6) is 1.69. The number of aliphatic hydroxyl groups is 1. The van der Waals surface area contributed by atoms with Gasteiger partial charge in [-0.05, 0) is 74.1 Å². The minimum Gasteiger partial charge on any atom is -0.394 e. The van der Waals surface area contributed by atoms with Crippen LogP contribution in [0, 0.1) is 5.92 Å². The van der Waals surface area contributed by atoms with Gasteiger partial charge in [-0.25, -0.2) is 0 Å². The van der Waals surface area contributed by atoms with Crippen LogP contribution in [0.4, 0.5) is 0 Å². The zero-order valence-corrected chi connectivity index (χ0v) is 13.4. The summed E-state index contributed by atoms with van der Waals surface area (Å²) >= 11 is 1.93. The lowest BCUT2D eigenvalue weighted by molar-refractivity contribution is 0.157. The number of rotatable bonds is 7. The van der Waals surface area contributed by atoms with Crippen LogP contribution in [0.15, 0.2) is 23.1 Å². The summed E-state index contributed by atoms with van der Waals surface area (Å²) in [6, 6.07) is 7.65. The van der Waals surface area contributed by atoms with Gasteiger partial charge >= 0.3 is 0 Å². The highest BCUT2D eigenvalue weighted by atomic mass is 32.2. The van der Waals surface area contributed by atoms with E-state index in [1.165, 1.54) is 49.8 Å². The molecule has 0 bridgehead atoms. The van der Waals surface area contributed by atoms with Crippen molar-refractivity contribution >= 4 is 11.8 Å². The van der Waals surface area contributed by atoms with Gasteiger partial charge in [-0.15, -0.1) is 11.8 Å². The van der Waals surface area contributed by atoms with Crippen molar-refractivity contribution in [2.24, 2.45) is 5.92 Å². The molecule has 3 heteroatoms. The Kier molecular flexibility index (Phi) is 3.76. The lowest BCUT2D eigenvalue weighted by Gasteiger charge is -2.33. The molecule has 0 aliphatic heterocycles. The van der Waals surface area contributed by atoms with E-state index < -0.39 is 0 Å². The number of hydrogen-bond acceptors (Lipinski definition) is 3. The highest BCUT2D eigenvalue weighted by molar-refractivity contribution is 7.99. The van der Waals surface area contributed by atoms with Crippen molar-refractivity contribution in [1.29, 1.82) is 0 Å². The molecule has 2 fully saturated rings. The molecular formula is C18H25NOS. The average molecular weight is 303 g/mol. The third-order valence-electron chi connectivity index (χ3n) is 5.28. The molecule has 1 unspecified atom stereocenters. The average Bonchev–Trinajstić information content (AvgIpc) is 3.42. The first-order valence-corrected chi connectivity index (χ1v) is 9.41. The number of thioether (sulfide) groups is 1. The van der Waals surface area contributed by atoms with Crippen LogP contribution in [-0.4, -0.2) is 29.0 Å². The fraction of sp³-hybridized carbons (Fsp3) is 0.667. The van der Waals surface area contributed by atoms with Crippen molar-refractivity contribution in [2.75, 3.05) is 12.4 Å². The Labute approximate surface area is 131 Å². The van der Waals surface area contributed by atoms with Crippen molar-refractivity contribution in [2.45, 2.75) is 61.4 Å². The standard InChI is InChI=1S/C18H25NOS/c20-11-18(15-5-6-15,19-16-7-8-16)12-21-17-9-4-13-2-1-3-14(13)10-17/h4,9-10,15-16,19-20H,1-3,5-8,11-12H2. The molecule has 3 aliphatic carbocycles. The zero-order valence-electron chi connectivity index (χ0n) is 12.6. The van der Waals surface area contributed by atoms with Crippen molar-refractivity contribution < 1.29 is 5.11 Å². The Morgan fingerprint density at radius 2 is 1.95 bits per heavy atom. The SMILES string of the molecule is OCC(CSc1ccc2c(c1)CCC2)(NC1CC1)C1CC1. The summed E-state index contributed by atoms with van der Waals surface area (Å²) in [4.78, 5) is 1.38. The third kappa shape index (κ3) is 3.01.